The highest BCUT2D eigenvalue weighted by atomic mass is 79.9. The third-order valence-electron chi connectivity index (χ3n) is 4.85. The van der Waals surface area contributed by atoms with Crippen molar-refractivity contribution < 1.29 is 17.9 Å². The van der Waals surface area contributed by atoms with Crippen LogP contribution in [0.3, 0.4) is 0 Å². The van der Waals surface area contributed by atoms with Gasteiger partial charge in [-0.25, -0.2) is 18.1 Å². The van der Waals surface area contributed by atoms with E-state index in [9.17, 15) is 8.42 Å². The zero-order valence-electron chi connectivity index (χ0n) is 19.6. The lowest BCUT2D eigenvalue weighted by molar-refractivity contribution is 0.331. The van der Waals surface area contributed by atoms with Gasteiger partial charge in [-0.1, -0.05) is 15.9 Å². The molecule has 9 nitrogen and oxygen atoms in total. The molecule has 0 aliphatic carbocycles. The van der Waals surface area contributed by atoms with E-state index in [4.69, 9.17) is 9.47 Å². The molecule has 2 aromatic heterocycles. The van der Waals surface area contributed by atoms with Crippen molar-refractivity contribution in [1.82, 2.24) is 19.7 Å². The summed E-state index contributed by atoms with van der Waals surface area (Å²) in [5, 5.41) is 4.46. The monoisotopic (exact) mass is 557 g/mol. The van der Waals surface area contributed by atoms with Gasteiger partial charge in [0.2, 0.25) is 5.88 Å². The van der Waals surface area contributed by atoms with Crippen LogP contribution in [0.4, 0.5) is 5.69 Å². The minimum absolute atomic E-state index is 0.0437. The Morgan fingerprint density at radius 3 is 2.40 bits per heavy atom. The minimum atomic E-state index is -3.88. The first-order valence-corrected chi connectivity index (χ1v) is 13.0. The summed E-state index contributed by atoms with van der Waals surface area (Å²) in [6.07, 6.45) is 0. The molecule has 0 aliphatic heterocycles. The molecule has 0 saturated carbocycles. The predicted octanol–water partition coefficient (Wildman–Crippen LogP) is 5.34. The minimum Gasteiger partial charge on any atom is -0.492 e. The number of anilines is 1. The van der Waals surface area contributed by atoms with E-state index in [0.29, 0.717) is 40.0 Å². The third-order valence-corrected chi connectivity index (χ3v) is 6.75. The second-order valence-electron chi connectivity index (χ2n) is 7.71. The number of hydrogen-bond acceptors (Lipinski definition) is 7. The molecule has 0 saturated heterocycles. The van der Waals surface area contributed by atoms with Crippen LogP contribution in [-0.4, -0.2) is 34.8 Å². The molecule has 0 aliphatic rings. The molecule has 0 radical (unpaired) electrons. The Bertz CT molecular complexity index is 1470. The summed E-state index contributed by atoms with van der Waals surface area (Å²) in [7, 11) is -3.88. The highest BCUT2D eigenvalue weighted by Gasteiger charge is 2.20. The number of rotatable bonds is 8. The van der Waals surface area contributed by atoms with Crippen LogP contribution in [0.2, 0.25) is 0 Å². The second kappa shape index (κ2) is 10.0. The van der Waals surface area contributed by atoms with Crippen molar-refractivity contribution in [3.8, 4) is 23.2 Å². The lowest BCUT2D eigenvalue weighted by Gasteiger charge is -2.13. The Hall–Kier alpha value is -3.44. The number of nitrogens with one attached hydrogen (secondary N) is 1. The van der Waals surface area contributed by atoms with Crippen molar-refractivity contribution in [1.29, 1.82) is 0 Å². The average Bonchev–Trinajstić information content (AvgIpc) is 3.14. The summed E-state index contributed by atoms with van der Waals surface area (Å²) in [4.78, 5) is 8.84. The Morgan fingerprint density at radius 1 is 1.00 bits per heavy atom. The fourth-order valence-corrected chi connectivity index (χ4v) is 5.18. The maximum Gasteiger partial charge on any atom is 0.265 e. The molecule has 2 aromatic carbocycles. The molecule has 0 atom stereocenters. The van der Waals surface area contributed by atoms with E-state index in [2.05, 4.69) is 35.7 Å². The van der Waals surface area contributed by atoms with Crippen LogP contribution in [0.5, 0.6) is 17.4 Å². The van der Waals surface area contributed by atoms with Gasteiger partial charge in [0.15, 0.2) is 5.82 Å². The van der Waals surface area contributed by atoms with Gasteiger partial charge in [0.05, 0.1) is 12.3 Å². The maximum atomic E-state index is 13.0. The molecule has 1 N–H and O–H groups in total. The van der Waals surface area contributed by atoms with Crippen LogP contribution < -0.4 is 14.2 Å². The molecule has 35 heavy (non-hydrogen) atoms. The van der Waals surface area contributed by atoms with E-state index in [1.807, 2.05) is 19.9 Å². The van der Waals surface area contributed by atoms with Gasteiger partial charge in [-0.05, 0) is 76.2 Å². The number of ether oxygens (including phenoxy) is 2. The van der Waals surface area contributed by atoms with Gasteiger partial charge in [0, 0.05) is 21.9 Å². The highest BCUT2D eigenvalue weighted by molar-refractivity contribution is 9.10. The number of sulfonamides is 1. The van der Waals surface area contributed by atoms with E-state index in [1.165, 1.54) is 6.07 Å². The van der Waals surface area contributed by atoms with Crippen LogP contribution in [0.1, 0.15) is 24.1 Å². The van der Waals surface area contributed by atoms with Crippen LogP contribution in [0, 0.1) is 20.8 Å². The van der Waals surface area contributed by atoms with Gasteiger partial charge < -0.3 is 9.47 Å². The number of aromatic nitrogens is 4. The molecule has 4 rings (SSSR count). The molecule has 4 aromatic rings. The van der Waals surface area contributed by atoms with Gasteiger partial charge >= 0.3 is 0 Å². The maximum absolute atomic E-state index is 13.0. The molecule has 0 unspecified atom stereocenters. The first-order chi connectivity index (χ1) is 16.6. The standard InChI is InChI=1S/C24H24BrN5O4S/c1-5-33-21-11-6-18(25)13-22(21)35(31,32)29-19-7-9-20(10-8-19)34-24-14-23(26-17(4)27-24)30-16(3)12-15(2)28-30/h6-14,29H,5H2,1-4H3. The summed E-state index contributed by atoms with van der Waals surface area (Å²) in [5.41, 5.74) is 2.21. The van der Waals surface area contributed by atoms with E-state index >= 15 is 0 Å². The Kier molecular flexibility index (Phi) is 7.08. The van der Waals surface area contributed by atoms with Crippen molar-refractivity contribution in [2.24, 2.45) is 0 Å². The zero-order valence-corrected chi connectivity index (χ0v) is 22.0. The molecule has 2 heterocycles. The van der Waals surface area contributed by atoms with Gasteiger partial charge in [-0.3, -0.25) is 4.72 Å². The van der Waals surface area contributed by atoms with Gasteiger partial charge in [0.1, 0.15) is 22.2 Å². The topological polar surface area (TPSA) is 108 Å². The Balaban J connectivity index is 1.54. The molecule has 182 valence electrons. The Labute approximate surface area is 212 Å². The van der Waals surface area contributed by atoms with Gasteiger partial charge in [0.25, 0.3) is 10.0 Å². The number of aryl methyl sites for hydroxylation is 3. The highest BCUT2D eigenvalue weighted by Crippen LogP contribution is 2.30. The zero-order chi connectivity index (χ0) is 25.2. The smallest absolute Gasteiger partial charge is 0.265 e. The number of hydrogen-bond donors (Lipinski definition) is 1. The number of halogens is 1. The van der Waals surface area contributed by atoms with Crippen molar-refractivity contribution in [2.45, 2.75) is 32.6 Å². The van der Waals surface area contributed by atoms with Crippen LogP contribution in [-0.2, 0) is 10.0 Å². The lowest BCUT2D eigenvalue weighted by atomic mass is 10.3. The average molecular weight is 558 g/mol. The quantitative estimate of drug-likeness (QED) is 0.311. The molecule has 11 heteroatoms. The van der Waals surface area contributed by atoms with Crippen molar-refractivity contribution >= 4 is 31.6 Å². The fraction of sp³-hybridized carbons (Fsp3) is 0.208. The second-order valence-corrected chi connectivity index (χ2v) is 10.3. The molecule has 0 fully saturated rings. The summed E-state index contributed by atoms with van der Waals surface area (Å²) < 4.78 is 42.3. The Morgan fingerprint density at radius 2 is 1.74 bits per heavy atom. The summed E-state index contributed by atoms with van der Waals surface area (Å²) in [5.74, 6) is 2.25. The van der Waals surface area contributed by atoms with Crippen molar-refractivity contribution in [3.05, 3.63) is 76.3 Å². The summed E-state index contributed by atoms with van der Waals surface area (Å²) in [6, 6.07) is 15.0. The summed E-state index contributed by atoms with van der Waals surface area (Å²) >= 11 is 3.32. The molecular weight excluding hydrogens is 534 g/mol. The predicted molar refractivity (Wildman–Crippen MR) is 136 cm³/mol. The van der Waals surface area contributed by atoms with Crippen molar-refractivity contribution in [3.63, 3.8) is 0 Å². The first-order valence-electron chi connectivity index (χ1n) is 10.8. The van der Waals surface area contributed by atoms with E-state index in [1.54, 1.807) is 61.0 Å². The molecule has 0 bridgehead atoms. The van der Waals surface area contributed by atoms with Crippen molar-refractivity contribution in [2.75, 3.05) is 11.3 Å². The van der Waals surface area contributed by atoms with Crippen LogP contribution >= 0.6 is 15.9 Å². The third kappa shape index (κ3) is 5.80. The molecular formula is C24H24BrN5O4S. The van der Waals surface area contributed by atoms with E-state index < -0.39 is 10.0 Å². The first kappa shape index (κ1) is 24.7. The van der Waals surface area contributed by atoms with Gasteiger partial charge in [-0.2, -0.15) is 10.1 Å². The number of benzene rings is 2. The normalized spacial score (nSPS) is 11.3. The van der Waals surface area contributed by atoms with Crippen LogP contribution in [0.15, 0.2) is 64.0 Å². The van der Waals surface area contributed by atoms with Crippen LogP contribution in [0.25, 0.3) is 5.82 Å². The van der Waals surface area contributed by atoms with E-state index in [-0.39, 0.29) is 10.6 Å². The fourth-order valence-electron chi connectivity index (χ4n) is 3.44. The molecule has 0 spiro atoms. The molecule has 0 amide bonds. The van der Waals surface area contributed by atoms with Gasteiger partial charge in [-0.15, -0.1) is 0 Å². The largest absolute Gasteiger partial charge is 0.492 e. The summed E-state index contributed by atoms with van der Waals surface area (Å²) in [6.45, 7) is 7.78. The lowest BCUT2D eigenvalue weighted by Crippen LogP contribution is -2.14. The SMILES string of the molecule is CCOc1ccc(Br)cc1S(=O)(=O)Nc1ccc(Oc2cc(-n3nc(C)cc3C)nc(C)n2)cc1. The van der Waals surface area contributed by atoms with E-state index in [0.717, 1.165) is 11.4 Å². The number of nitrogens with zero attached hydrogens (tertiary/aromatic N) is 4.